The van der Waals surface area contributed by atoms with Crippen LogP contribution in [0, 0.1) is 0 Å². The molecule has 0 aliphatic carbocycles. The van der Waals surface area contributed by atoms with Crippen LogP contribution in [0.5, 0.6) is 0 Å². The van der Waals surface area contributed by atoms with E-state index in [0.717, 1.165) is 29.7 Å². The second-order valence-electron chi connectivity index (χ2n) is 5.52. The van der Waals surface area contributed by atoms with E-state index in [0.29, 0.717) is 6.04 Å². The first-order valence-electron chi connectivity index (χ1n) is 6.96. The van der Waals surface area contributed by atoms with Crippen LogP contribution in [0.15, 0.2) is 48.5 Å². The molecular weight excluding hydrogens is 311 g/mol. The molecule has 0 saturated heterocycles. The Kier molecular flexibility index (Phi) is 4.83. The van der Waals surface area contributed by atoms with E-state index >= 15 is 0 Å². The number of nitrogens with one attached hydrogen (secondary N) is 1. The van der Waals surface area contributed by atoms with Crippen molar-refractivity contribution in [2.45, 2.75) is 31.6 Å². The Morgan fingerprint density at radius 2 is 1.68 bits per heavy atom. The van der Waals surface area contributed by atoms with Crippen LogP contribution in [0.25, 0.3) is 0 Å². The highest BCUT2D eigenvalue weighted by atomic mass is 35.5. The fraction of sp³-hybridized carbons (Fsp3) is 0.294. The van der Waals surface area contributed by atoms with Gasteiger partial charge in [0.05, 0.1) is 11.6 Å². The first-order valence-corrected chi connectivity index (χ1v) is 6.96. The molecule has 2 unspecified atom stereocenters. The smallest absolute Gasteiger partial charge is 1.00 e. The molecule has 0 radical (unpaired) electrons. The van der Waals surface area contributed by atoms with Crippen molar-refractivity contribution in [3.63, 3.8) is 0 Å². The zero-order chi connectivity index (χ0) is 15.0. The third-order valence-corrected chi connectivity index (χ3v) is 3.91. The summed E-state index contributed by atoms with van der Waals surface area (Å²) in [5.41, 5.74) is 2.66. The highest BCUT2D eigenvalue weighted by Crippen LogP contribution is 2.33. The standard InChI is InChI=1S/C17H16F3N.ClH/c1-11-10-13-4-2-3-5-15(13)16(21-11)12-6-8-14(9-7-12)17(18,19)20;/h2-9,11,16,21H,10H2,1H3;1H. The fourth-order valence-corrected chi connectivity index (χ4v) is 2.91. The maximum atomic E-state index is 12.6. The summed E-state index contributed by atoms with van der Waals surface area (Å²) in [6.07, 6.45) is -3.35. The van der Waals surface area contributed by atoms with Crippen LogP contribution in [-0.2, 0) is 12.6 Å². The molecule has 0 spiro atoms. The topological polar surface area (TPSA) is 12.0 Å². The van der Waals surface area contributed by atoms with E-state index in [1.165, 1.54) is 5.56 Å². The molecular formula is C17H17ClF3N. The van der Waals surface area contributed by atoms with Crippen molar-refractivity contribution >= 4 is 0 Å². The molecule has 2 atom stereocenters. The Balaban J connectivity index is 0.00000132. The van der Waals surface area contributed by atoms with Gasteiger partial charge in [-0.3, -0.25) is 0 Å². The molecule has 3 rings (SSSR count). The van der Waals surface area contributed by atoms with Crippen molar-refractivity contribution in [2.75, 3.05) is 0 Å². The lowest BCUT2D eigenvalue weighted by Crippen LogP contribution is -3.00. The first kappa shape index (κ1) is 16.8. The summed E-state index contributed by atoms with van der Waals surface area (Å²) in [4.78, 5) is 0. The molecule has 2 aromatic rings. The molecule has 2 aromatic carbocycles. The average molecular weight is 328 g/mol. The predicted octanol–water partition coefficient (Wildman–Crippen LogP) is 1.45. The Labute approximate surface area is 135 Å². The number of alkyl halides is 3. The summed E-state index contributed by atoms with van der Waals surface area (Å²) < 4.78 is 37.9. The molecule has 118 valence electrons. The van der Waals surface area contributed by atoms with Gasteiger partial charge in [-0.1, -0.05) is 36.4 Å². The van der Waals surface area contributed by atoms with E-state index in [-0.39, 0.29) is 19.9 Å². The van der Waals surface area contributed by atoms with E-state index in [1.807, 2.05) is 18.2 Å². The number of hydrogen-bond donors (Lipinski definition) is 1. The number of rotatable bonds is 1. The Hall–Kier alpha value is -1.52. The third kappa shape index (κ3) is 3.28. The summed E-state index contributed by atoms with van der Waals surface area (Å²) in [7, 11) is 0. The lowest BCUT2D eigenvalue weighted by Gasteiger charge is -2.32. The van der Waals surface area contributed by atoms with Gasteiger partial charge in [0.2, 0.25) is 0 Å². The van der Waals surface area contributed by atoms with Gasteiger partial charge in [0.15, 0.2) is 0 Å². The molecule has 0 aromatic heterocycles. The van der Waals surface area contributed by atoms with Gasteiger partial charge in [-0.05, 0) is 42.2 Å². The quantitative estimate of drug-likeness (QED) is 0.836. The number of fused-ring (bicyclic) bond motifs is 1. The molecule has 22 heavy (non-hydrogen) atoms. The third-order valence-electron chi connectivity index (χ3n) is 3.91. The molecule has 1 nitrogen and oxygen atoms in total. The van der Waals surface area contributed by atoms with E-state index in [4.69, 9.17) is 0 Å². The van der Waals surface area contributed by atoms with Gasteiger partial charge in [0.25, 0.3) is 0 Å². The molecule has 1 heterocycles. The minimum atomic E-state index is -4.29. The van der Waals surface area contributed by atoms with Crippen LogP contribution in [-0.4, -0.2) is 6.04 Å². The van der Waals surface area contributed by atoms with Crippen LogP contribution in [0.3, 0.4) is 0 Å². The highest BCUT2D eigenvalue weighted by Gasteiger charge is 2.31. The largest absolute Gasteiger partial charge is 1.00 e. The predicted molar refractivity (Wildman–Crippen MR) is 77.1 cm³/mol. The molecule has 1 aliphatic rings. The second-order valence-corrected chi connectivity index (χ2v) is 5.52. The number of hydrogen-bond acceptors (Lipinski definition) is 1. The van der Waals surface area contributed by atoms with Crippen LogP contribution in [0.2, 0.25) is 0 Å². The molecule has 0 fully saturated rings. The summed E-state index contributed by atoms with van der Waals surface area (Å²) in [5.74, 6) is 0. The van der Waals surface area contributed by atoms with Gasteiger partial charge in [-0.25, -0.2) is 0 Å². The molecule has 0 amide bonds. The van der Waals surface area contributed by atoms with Crippen molar-refractivity contribution in [3.8, 4) is 0 Å². The Morgan fingerprint density at radius 1 is 1.05 bits per heavy atom. The van der Waals surface area contributed by atoms with E-state index in [1.54, 1.807) is 12.1 Å². The van der Waals surface area contributed by atoms with Gasteiger partial charge in [-0.2, -0.15) is 13.2 Å². The summed E-state index contributed by atoms with van der Waals surface area (Å²) in [6, 6.07) is 13.8. The van der Waals surface area contributed by atoms with Gasteiger partial charge < -0.3 is 17.7 Å². The summed E-state index contributed by atoms with van der Waals surface area (Å²) in [6.45, 7) is 2.09. The van der Waals surface area contributed by atoms with Crippen LogP contribution in [0.1, 0.15) is 36.6 Å². The molecule has 5 heteroatoms. The molecule has 1 aliphatic heterocycles. The highest BCUT2D eigenvalue weighted by molar-refractivity contribution is 5.41. The number of benzene rings is 2. The van der Waals surface area contributed by atoms with E-state index in [9.17, 15) is 13.2 Å². The molecule has 1 N–H and O–H groups in total. The first-order chi connectivity index (χ1) is 9.95. The van der Waals surface area contributed by atoms with Crippen LogP contribution in [0.4, 0.5) is 13.2 Å². The van der Waals surface area contributed by atoms with Crippen LogP contribution < -0.4 is 17.7 Å². The minimum absolute atomic E-state index is 0. The van der Waals surface area contributed by atoms with Crippen molar-refractivity contribution in [3.05, 3.63) is 70.8 Å². The van der Waals surface area contributed by atoms with E-state index in [2.05, 4.69) is 18.3 Å². The SMILES string of the molecule is CC1Cc2ccccc2C(c2ccc(C(F)(F)F)cc2)N1.[Cl-].[H+]. The fourth-order valence-electron chi connectivity index (χ4n) is 2.91. The Bertz CT molecular complexity index is 643. The zero-order valence-corrected chi connectivity index (χ0v) is 12.7. The normalized spacial score (nSPS) is 20.9. The van der Waals surface area contributed by atoms with Gasteiger partial charge in [0, 0.05) is 6.04 Å². The lowest BCUT2D eigenvalue weighted by atomic mass is 9.87. The van der Waals surface area contributed by atoms with Crippen molar-refractivity contribution < 1.29 is 27.0 Å². The number of halogens is 4. The molecule has 0 bridgehead atoms. The van der Waals surface area contributed by atoms with Crippen molar-refractivity contribution in [1.82, 2.24) is 5.32 Å². The second kappa shape index (κ2) is 6.31. The zero-order valence-electron chi connectivity index (χ0n) is 13.0. The average Bonchev–Trinajstić information content (AvgIpc) is 2.45. The monoisotopic (exact) mass is 327 g/mol. The van der Waals surface area contributed by atoms with Crippen molar-refractivity contribution in [2.24, 2.45) is 0 Å². The maximum Gasteiger partial charge on any atom is 1.00 e. The molecule has 0 saturated carbocycles. The lowest BCUT2D eigenvalue weighted by molar-refractivity contribution is -0.137. The van der Waals surface area contributed by atoms with Crippen molar-refractivity contribution in [1.29, 1.82) is 0 Å². The van der Waals surface area contributed by atoms with Gasteiger partial charge >= 0.3 is 7.60 Å². The van der Waals surface area contributed by atoms with Gasteiger partial charge in [0.1, 0.15) is 0 Å². The maximum absolute atomic E-state index is 12.6. The van der Waals surface area contributed by atoms with Gasteiger partial charge in [-0.15, -0.1) is 0 Å². The summed E-state index contributed by atoms with van der Waals surface area (Å²) >= 11 is 0. The Morgan fingerprint density at radius 3 is 2.32 bits per heavy atom. The van der Waals surface area contributed by atoms with E-state index < -0.39 is 11.7 Å². The van der Waals surface area contributed by atoms with Crippen LogP contribution >= 0.6 is 0 Å². The summed E-state index contributed by atoms with van der Waals surface area (Å²) in [5, 5.41) is 3.47. The minimum Gasteiger partial charge on any atom is -1.00 e.